The van der Waals surface area contributed by atoms with Gasteiger partial charge >= 0.3 is 0 Å². The fourth-order valence-electron chi connectivity index (χ4n) is 3.34. The fraction of sp³-hybridized carbons (Fsp3) is 0.571. The lowest BCUT2D eigenvalue weighted by Crippen LogP contribution is -2.56. The van der Waals surface area contributed by atoms with E-state index in [0.717, 1.165) is 31.5 Å². The van der Waals surface area contributed by atoms with E-state index < -0.39 is 26.6 Å². The molecule has 0 radical (unpaired) electrons. The predicted molar refractivity (Wildman–Crippen MR) is 74.3 cm³/mol. The molecule has 2 fully saturated rings. The molecule has 0 spiro atoms. The SMILES string of the molecule is C[C@@H]1CN2CCC[C@@H]2CN1S(=O)(=O)c1c(F)cccc1F. The summed E-state index contributed by atoms with van der Waals surface area (Å²) < 4.78 is 54.2. The number of hydrogen-bond donors (Lipinski definition) is 0. The predicted octanol–water partition coefficient (Wildman–Crippen LogP) is 1.82. The molecule has 2 aliphatic heterocycles. The number of sulfonamides is 1. The van der Waals surface area contributed by atoms with E-state index in [2.05, 4.69) is 4.90 Å². The first-order chi connectivity index (χ1) is 9.91. The Morgan fingerprint density at radius 3 is 2.52 bits per heavy atom. The molecule has 2 atom stereocenters. The Morgan fingerprint density at radius 2 is 1.86 bits per heavy atom. The summed E-state index contributed by atoms with van der Waals surface area (Å²) in [6, 6.07) is 3.00. The second-order valence-electron chi connectivity index (χ2n) is 5.77. The summed E-state index contributed by atoms with van der Waals surface area (Å²) in [6.45, 7) is 3.67. The Morgan fingerprint density at radius 1 is 1.19 bits per heavy atom. The molecule has 0 bridgehead atoms. The quantitative estimate of drug-likeness (QED) is 0.836. The van der Waals surface area contributed by atoms with Crippen LogP contribution in [-0.4, -0.2) is 49.3 Å². The number of nitrogens with zero attached hydrogens (tertiary/aromatic N) is 2. The highest BCUT2D eigenvalue weighted by Crippen LogP contribution is 2.30. The third-order valence-electron chi connectivity index (χ3n) is 4.37. The fourth-order valence-corrected chi connectivity index (χ4v) is 5.11. The lowest BCUT2D eigenvalue weighted by molar-refractivity contribution is 0.116. The molecule has 3 rings (SSSR count). The average Bonchev–Trinajstić information content (AvgIpc) is 2.84. The van der Waals surface area contributed by atoms with Gasteiger partial charge in [-0.05, 0) is 38.4 Å². The van der Waals surface area contributed by atoms with Crippen molar-refractivity contribution in [3.05, 3.63) is 29.8 Å². The zero-order valence-corrected chi connectivity index (χ0v) is 12.6. The topological polar surface area (TPSA) is 40.6 Å². The normalized spacial score (nSPS) is 27.8. The Labute approximate surface area is 123 Å². The van der Waals surface area contributed by atoms with E-state index in [0.29, 0.717) is 13.1 Å². The minimum atomic E-state index is -4.15. The van der Waals surface area contributed by atoms with E-state index in [1.54, 1.807) is 6.92 Å². The number of rotatable bonds is 2. The van der Waals surface area contributed by atoms with Crippen LogP contribution >= 0.6 is 0 Å². The molecule has 21 heavy (non-hydrogen) atoms. The summed E-state index contributed by atoms with van der Waals surface area (Å²) in [6.07, 6.45) is 1.97. The van der Waals surface area contributed by atoms with Crippen LogP contribution in [0.5, 0.6) is 0 Å². The number of piperazine rings is 1. The molecule has 0 amide bonds. The standard InChI is InChI=1S/C14H18F2N2O2S/c1-10-8-17-7-3-4-11(17)9-18(10)21(19,20)14-12(15)5-2-6-13(14)16/h2,5-6,10-11H,3-4,7-9H2,1H3/t10-,11-/m1/s1. The van der Waals surface area contributed by atoms with Crippen LogP contribution in [0.3, 0.4) is 0 Å². The lowest BCUT2D eigenvalue weighted by Gasteiger charge is -2.41. The highest BCUT2D eigenvalue weighted by Gasteiger charge is 2.42. The molecule has 2 aliphatic rings. The van der Waals surface area contributed by atoms with Crippen molar-refractivity contribution >= 4 is 10.0 Å². The van der Waals surface area contributed by atoms with Crippen molar-refractivity contribution in [3.63, 3.8) is 0 Å². The molecule has 0 N–H and O–H groups in total. The molecule has 116 valence electrons. The van der Waals surface area contributed by atoms with Gasteiger partial charge in [-0.15, -0.1) is 0 Å². The third kappa shape index (κ3) is 2.47. The van der Waals surface area contributed by atoms with Crippen molar-refractivity contribution in [3.8, 4) is 0 Å². The second-order valence-corrected chi connectivity index (χ2v) is 7.59. The van der Waals surface area contributed by atoms with Gasteiger partial charge < -0.3 is 0 Å². The molecule has 0 aromatic heterocycles. The van der Waals surface area contributed by atoms with Crippen molar-refractivity contribution in [2.75, 3.05) is 19.6 Å². The van der Waals surface area contributed by atoms with Gasteiger partial charge in [0, 0.05) is 25.2 Å². The van der Waals surface area contributed by atoms with Gasteiger partial charge in [-0.25, -0.2) is 17.2 Å². The van der Waals surface area contributed by atoms with Crippen LogP contribution in [-0.2, 0) is 10.0 Å². The lowest BCUT2D eigenvalue weighted by atomic mass is 10.1. The largest absolute Gasteiger partial charge is 0.297 e. The first kappa shape index (κ1) is 14.9. The van der Waals surface area contributed by atoms with Crippen LogP contribution in [0.15, 0.2) is 23.1 Å². The van der Waals surface area contributed by atoms with Gasteiger partial charge in [-0.1, -0.05) is 6.07 Å². The Hall–Kier alpha value is -1.05. The summed E-state index contributed by atoms with van der Waals surface area (Å²) in [7, 11) is -4.15. The molecular weight excluding hydrogens is 298 g/mol. The van der Waals surface area contributed by atoms with E-state index in [4.69, 9.17) is 0 Å². The number of fused-ring (bicyclic) bond motifs is 1. The second kappa shape index (κ2) is 5.30. The summed E-state index contributed by atoms with van der Waals surface area (Å²) in [4.78, 5) is 1.43. The van der Waals surface area contributed by atoms with Gasteiger partial charge in [0.1, 0.15) is 11.6 Å². The average molecular weight is 316 g/mol. The Bertz CT molecular complexity index is 630. The van der Waals surface area contributed by atoms with E-state index in [9.17, 15) is 17.2 Å². The van der Waals surface area contributed by atoms with Crippen LogP contribution in [0.2, 0.25) is 0 Å². The molecule has 2 saturated heterocycles. The van der Waals surface area contributed by atoms with Gasteiger partial charge in [-0.3, -0.25) is 4.90 Å². The van der Waals surface area contributed by atoms with Crippen molar-refractivity contribution in [2.45, 2.75) is 36.7 Å². The van der Waals surface area contributed by atoms with Gasteiger partial charge in [0.15, 0.2) is 4.90 Å². The van der Waals surface area contributed by atoms with E-state index in [1.807, 2.05) is 0 Å². The summed E-state index contributed by atoms with van der Waals surface area (Å²) >= 11 is 0. The van der Waals surface area contributed by atoms with Crippen molar-refractivity contribution < 1.29 is 17.2 Å². The first-order valence-corrected chi connectivity index (χ1v) is 8.55. The number of halogens is 2. The Kier molecular flexibility index (Phi) is 3.75. The maximum absolute atomic E-state index is 13.8. The molecular formula is C14H18F2N2O2S. The maximum Gasteiger partial charge on any atom is 0.249 e. The molecule has 4 nitrogen and oxygen atoms in total. The minimum absolute atomic E-state index is 0.158. The smallest absolute Gasteiger partial charge is 0.249 e. The highest BCUT2D eigenvalue weighted by molar-refractivity contribution is 7.89. The van der Waals surface area contributed by atoms with Crippen molar-refractivity contribution in [2.24, 2.45) is 0 Å². The molecule has 1 aromatic carbocycles. The monoisotopic (exact) mass is 316 g/mol. The molecule has 0 aliphatic carbocycles. The zero-order valence-electron chi connectivity index (χ0n) is 11.8. The minimum Gasteiger partial charge on any atom is -0.297 e. The van der Waals surface area contributed by atoms with Gasteiger partial charge in [0.05, 0.1) is 0 Å². The Balaban J connectivity index is 1.98. The van der Waals surface area contributed by atoms with Gasteiger partial charge in [0.2, 0.25) is 10.0 Å². The summed E-state index contributed by atoms with van der Waals surface area (Å²) in [5.74, 6) is -2.06. The highest BCUT2D eigenvalue weighted by atomic mass is 32.2. The molecule has 0 saturated carbocycles. The third-order valence-corrected chi connectivity index (χ3v) is 6.40. The maximum atomic E-state index is 13.8. The van der Waals surface area contributed by atoms with Crippen LogP contribution in [0.4, 0.5) is 8.78 Å². The zero-order chi connectivity index (χ0) is 15.2. The summed E-state index contributed by atoms with van der Waals surface area (Å²) in [5.41, 5.74) is 0. The molecule has 0 unspecified atom stereocenters. The van der Waals surface area contributed by atoms with Crippen molar-refractivity contribution in [1.29, 1.82) is 0 Å². The van der Waals surface area contributed by atoms with Gasteiger partial charge in [-0.2, -0.15) is 4.31 Å². The van der Waals surface area contributed by atoms with Crippen LogP contribution in [0, 0.1) is 11.6 Å². The van der Waals surface area contributed by atoms with Gasteiger partial charge in [0.25, 0.3) is 0 Å². The molecule has 1 aromatic rings. The van der Waals surface area contributed by atoms with E-state index >= 15 is 0 Å². The van der Waals surface area contributed by atoms with E-state index in [1.165, 1.54) is 10.4 Å². The van der Waals surface area contributed by atoms with E-state index in [-0.39, 0.29) is 12.1 Å². The van der Waals surface area contributed by atoms with Crippen LogP contribution in [0.25, 0.3) is 0 Å². The first-order valence-electron chi connectivity index (χ1n) is 7.11. The van der Waals surface area contributed by atoms with Crippen LogP contribution < -0.4 is 0 Å². The number of benzene rings is 1. The molecule has 2 heterocycles. The molecule has 7 heteroatoms. The van der Waals surface area contributed by atoms with Crippen molar-refractivity contribution in [1.82, 2.24) is 9.21 Å². The van der Waals surface area contributed by atoms with Crippen LogP contribution in [0.1, 0.15) is 19.8 Å². The number of hydrogen-bond acceptors (Lipinski definition) is 3. The summed E-state index contributed by atoms with van der Waals surface area (Å²) in [5, 5.41) is 0.